The summed E-state index contributed by atoms with van der Waals surface area (Å²) in [7, 11) is 0. The minimum absolute atomic E-state index is 0.468. The summed E-state index contributed by atoms with van der Waals surface area (Å²) in [6.07, 6.45) is 1.47. The van der Waals surface area contributed by atoms with Gasteiger partial charge in [-0.05, 0) is 6.92 Å². The zero-order valence-electron chi connectivity index (χ0n) is 7.74. The van der Waals surface area contributed by atoms with E-state index in [0.29, 0.717) is 5.15 Å². The highest BCUT2D eigenvalue weighted by molar-refractivity contribution is 6.29. The van der Waals surface area contributed by atoms with E-state index < -0.39 is 0 Å². The lowest BCUT2D eigenvalue weighted by Gasteiger charge is -2.00. The Hall–Kier alpha value is -1.41. The molecule has 2 rings (SSSR count). The van der Waals surface area contributed by atoms with Crippen LogP contribution in [0.5, 0.6) is 0 Å². The van der Waals surface area contributed by atoms with Gasteiger partial charge in [-0.25, -0.2) is 9.97 Å². The molecule has 14 heavy (non-hydrogen) atoms. The van der Waals surface area contributed by atoms with Crippen LogP contribution < -0.4 is 0 Å². The van der Waals surface area contributed by atoms with Crippen LogP contribution in [0.2, 0.25) is 5.15 Å². The average Bonchev–Trinajstić information content (AvgIpc) is 2.19. The molecule has 0 aliphatic heterocycles. The SMILES string of the molecule is Cc1ccc(-c2cc(Cl)ncn2)cc1. The molecule has 3 heteroatoms. The molecule has 0 aliphatic carbocycles. The Morgan fingerprint density at radius 3 is 2.43 bits per heavy atom. The van der Waals surface area contributed by atoms with Crippen LogP contribution in [-0.4, -0.2) is 9.97 Å². The Balaban J connectivity index is 2.44. The molecule has 0 radical (unpaired) electrons. The van der Waals surface area contributed by atoms with Gasteiger partial charge in [-0.15, -0.1) is 0 Å². The van der Waals surface area contributed by atoms with Crippen molar-refractivity contribution < 1.29 is 0 Å². The maximum Gasteiger partial charge on any atom is 0.133 e. The van der Waals surface area contributed by atoms with E-state index in [2.05, 4.69) is 16.9 Å². The standard InChI is InChI=1S/C11H9ClN2/c1-8-2-4-9(5-3-8)10-6-11(12)14-7-13-10/h2-7H,1H3. The van der Waals surface area contributed by atoms with Crippen molar-refractivity contribution in [3.8, 4) is 11.3 Å². The molecule has 2 nitrogen and oxygen atoms in total. The predicted octanol–water partition coefficient (Wildman–Crippen LogP) is 3.11. The van der Waals surface area contributed by atoms with Crippen LogP contribution >= 0.6 is 11.6 Å². The normalized spacial score (nSPS) is 10.1. The van der Waals surface area contributed by atoms with Crippen molar-refractivity contribution in [2.24, 2.45) is 0 Å². The first-order chi connectivity index (χ1) is 6.75. The van der Waals surface area contributed by atoms with Crippen molar-refractivity contribution in [2.75, 3.05) is 0 Å². The molecule has 1 aromatic heterocycles. The molecule has 0 aliphatic rings. The lowest BCUT2D eigenvalue weighted by Crippen LogP contribution is -1.85. The summed E-state index contributed by atoms with van der Waals surface area (Å²) < 4.78 is 0. The van der Waals surface area contributed by atoms with E-state index in [9.17, 15) is 0 Å². The lowest BCUT2D eigenvalue weighted by molar-refractivity contribution is 1.17. The van der Waals surface area contributed by atoms with Gasteiger partial charge in [0.15, 0.2) is 0 Å². The van der Waals surface area contributed by atoms with Gasteiger partial charge in [0, 0.05) is 11.6 Å². The monoisotopic (exact) mass is 204 g/mol. The number of aromatic nitrogens is 2. The van der Waals surface area contributed by atoms with Crippen LogP contribution in [0, 0.1) is 6.92 Å². The molecule has 1 aromatic carbocycles. The second kappa shape index (κ2) is 3.76. The van der Waals surface area contributed by atoms with Gasteiger partial charge >= 0.3 is 0 Å². The second-order valence-corrected chi connectivity index (χ2v) is 3.48. The first kappa shape index (κ1) is 9.16. The Labute approximate surface area is 87.6 Å². The van der Waals surface area contributed by atoms with Gasteiger partial charge in [-0.3, -0.25) is 0 Å². The molecule has 1 heterocycles. The highest BCUT2D eigenvalue weighted by Gasteiger charge is 1.99. The van der Waals surface area contributed by atoms with Crippen molar-refractivity contribution in [3.05, 3.63) is 47.4 Å². The molecule has 0 saturated heterocycles. The fourth-order valence-electron chi connectivity index (χ4n) is 1.22. The summed E-state index contributed by atoms with van der Waals surface area (Å²) in [5.41, 5.74) is 3.14. The number of aryl methyl sites for hydroxylation is 1. The third-order valence-corrected chi connectivity index (χ3v) is 2.19. The summed E-state index contributed by atoms with van der Waals surface area (Å²) in [4.78, 5) is 7.98. The summed E-state index contributed by atoms with van der Waals surface area (Å²) >= 11 is 5.77. The molecule has 0 amide bonds. The molecule has 70 valence electrons. The Bertz CT molecular complexity index is 437. The van der Waals surface area contributed by atoms with E-state index in [-0.39, 0.29) is 0 Å². The highest BCUT2D eigenvalue weighted by Crippen LogP contribution is 2.18. The van der Waals surface area contributed by atoms with Gasteiger partial charge in [0.1, 0.15) is 11.5 Å². The van der Waals surface area contributed by atoms with E-state index in [0.717, 1.165) is 11.3 Å². The van der Waals surface area contributed by atoms with Crippen LogP contribution in [0.25, 0.3) is 11.3 Å². The number of halogens is 1. The lowest BCUT2D eigenvalue weighted by atomic mass is 10.1. The molecular formula is C11H9ClN2. The fourth-order valence-corrected chi connectivity index (χ4v) is 1.36. The molecule has 0 unspecified atom stereocenters. The Kier molecular flexibility index (Phi) is 2.46. The zero-order valence-corrected chi connectivity index (χ0v) is 8.49. The van der Waals surface area contributed by atoms with Crippen LogP contribution in [0.4, 0.5) is 0 Å². The molecule has 0 N–H and O–H groups in total. The van der Waals surface area contributed by atoms with Crippen molar-refractivity contribution in [3.63, 3.8) is 0 Å². The number of benzene rings is 1. The predicted molar refractivity (Wildman–Crippen MR) is 57.2 cm³/mol. The Morgan fingerprint density at radius 2 is 1.79 bits per heavy atom. The molecular weight excluding hydrogens is 196 g/mol. The van der Waals surface area contributed by atoms with E-state index in [1.165, 1.54) is 11.9 Å². The van der Waals surface area contributed by atoms with Crippen LogP contribution in [0.1, 0.15) is 5.56 Å². The second-order valence-electron chi connectivity index (χ2n) is 3.09. The topological polar surface area (TPSA) is 25.8 Å². The molecule has 2 aromatic rings. The summed E-state index contributed by atoms with van der Waals surface area (Å²) in [6.45, 7) is 2.05. The van der Waals surface area contributed by atoms with Crippen molar-refractivity contribution in [2.45, 2.75) is 6.92 Å². The van der Waals surface area contributed by atoms with Gasteiger partial charge in [0.05, 0.1) is 5.69 Å². The van der Waals surface area contributed by atoms with Crippen molar-refractivity contribution in [1.29, 1.82) is 0 Å². The number of rotatable bonds is 1. The van der Waals surface area contributed by atoms with Crippen molar-refractivity contribution >= 4 is 11.6 Å². The van der Waals surface area contributed by atoms with Crippen LogP contribution in [0.3, 0.4) is 0 Å². The minimum atomic E-state index is 0.468. The maximum atomic E-state index is 5.77. The number of hydrogen-bond acceptors (Lipinski definition) is 2. The Morgan fingerprint density at radius 1 is 1.07 bits per heavy atom. The van der Waals surface area contributed by atoms with Crippen LogP contribution in [-0.2, 0) is 0 Å². The van der Waals surface area contributed by atoms with E-state index in [4.69, 9.17) is 11.6 Å². The first-order valence-electron chi connectivity index (χ1n) is 4.30. The summed E-state index contributed by atoms with van der Waals surface area (Å²) in [6, 6.07) is 9.89. The minimum Gasteiger partial charge on any atom is -0.236 e. The van der Waals surface area contributed by atoms with Gasteiger partial charge < -0.3 is 0 Å². The van der Waals surface area contributed by atoms with Gasteiger partial charge in [-0.1, -0.05) is 41.4 Å². The molecule has 0 spiro atoms. The van der Waals surface area contributed by atoms with Gasteiger partial charge in [-0.2, -0.15) is 0 Å². The third-order valence-electron chi connectivity index (χ3n) is 1.98. The zero-order chi connectivity index (χ0) is 9.97. The highest BCUT2D eigenvalue weighted by atomic mass is 35.5. The molecule has 0 atom stereocenters. The van der Waals surface area contributed by atoms with Crippen molar-refractivity contribution in [1.82, 2.24) is 9.97 Å². The number of hydrogen-bond donors (Lipinski definition) is 0. The van der Waals surface area contributed by atoms with E-state index in [1.807, 2.05) is 24.3 Å². The molecule has 0 fully saturated rings. The average molecular weight is 205 g/mol. The molecule has 0 saturated carbocycles. The summed E-state index contributed by atoms with van der Waals surface area (Å²) in [5.74, 6) is 0. The third kappa shape index (κ3) is 1.91. The smallest absolute Gasteiger partial charge is 0.133 e. The quantitative estimate of drug-likeness (QED) is 0.667. The van der Waals surface area contributed by atoms with Gasteiger partial charge in [0.2, 0.25) is 0 Å². The summed E-state index contributed by atoms with van der Waals surface area (Å²) in [5, 5.41) is 0.468. The van der Waals surface area contributed by atoms with Crippen LogP contribution in [0.15, 0.2) is 36.7 Å². The van der Waals surface area contributed by atoms with E-state index >= 15 is 0 Å². The largest absolute Gasteiger partial charge is 0.236 e. The molecule has 0 bridgehead atoms. The van der Waals surface area contributed by atoms with Gasteiger partial charge in [0.25, 0.3) is 0 Å². The maximum absolute atomic E-state index is 5.77. The fraction of sp³-hybridized carbons (Fsp3) is 0.0909. The van der Waals surface area contributed by atoms with E-state index in [1.54, 1.807) is 6.07 Å². The number of nitrogens with zero attached hydrogens (tertiary/aromatic N) is 2. The first-order valence-corrected chi connectivity index (χ1v) is 4.68.